The molecule has 2 unspecified atom stereocenters. The van der Waals surface area contributed by atoms with E-state index in [-0.39, 0.29) is 12.0 Å². The Morgan fingerprint density at radius 3 is 2.67 bits per heavy atom. The standard InChI is InChI=1S/C18H18N2O6S/c1-3-18(2)13(17(25)26)20-14(22)12(15(20)27-18)19-11(21)8-9-5-4-6-10(7-9)16(23)24/h3-7,12-13,15H,1,8H2,2H3,(H,19,21)(H,23,24)(H,25,26)/t12?,13?,15-,18+/m0/s1. The van der Waals surface area contributed by atoms with Gasteiger partial charge in [-0.2, -0.15) is 0 Å². The number of β-lactam (4-membered cyclic amide) rings is 1. The number of carboxylic acid groups (broad SMARTS) is 2. The molecule has 3 N–H and O–H groups in total. The summed E-state index contributed by atoms with van der Waals surface area (Å²) >= 11 is 1.28. The van der Waals surface area contributed by atoms with E-state index >= 15 is 0 Å². The maximum atomic E-state index is 12.4. The number of thioether (sulfide) groups is 1. The van der Waals surface area contributed by atoms with Crippen molar-refractivity contribution in [3.8, 4) is 0 Å². The molecule has 0 spiro atoms. The molecule has 142 valence electrons. The van der Waals surface area contributed by atoms with Gasteiger partial charge in [-0.15, -0.1) is 18.3 Å². The first-order valence-corrected chi connectivity index (χ1v) is 9.04. The Morgan fingerprint density at radius 2 is 2.07 bits per heavy atom. The highest BCUT2D eigenvalue weighted by Crippen LogP contribution is 2.51. The molecule has 0 saturated carbocycles. The summed E-state index contributed by atoms with van der Waals surface area (Å²) in [4.78, 5) is 48.6. The molecule has 1 aromatic rings. The van der Waals surface area contributed by atoms with E-state index in [1.807, 2.05) is 0 Å². The number of benzene rings is 1. The lowest BCUT2D eigenvalue weighted by Crippen LogP contribution is -2.70. The van der Waals surface area contributed by atoms with Crippen molar-refractivity contribution >= 4 is 35.5 Å². The summed E-state index contributed by atoms with van der Waals surface area (Å²) < 4.78 is -0.846. The molecule has 0 bridgehead atoms. The lowest BCUT2D eigenvalue weighted by atomic mass is 9.94. The number of hydrogen-bond acceptors (Lipinski definition) is 5. The van der Waals surface area contributed by atoms with Crippen LogP contribution in [0.4, 0.5) is 0 Å². The van der Waals surface area contributed by atoms with Crippen LogP contribution in [-0.4, -0.2) is 61.1 Å². The van der Waals surface area contributed by atoms with E-state index in [4.69, 9.17) is 5.11 Å². The Bertz CT molecular complexity index is 856. The zero-order chi connectivity index (χ0) is 19.9. The monoisotopic (exact) mass is 390 g/mol. The van der Waals surface area contributed by atoms with Crippen molar-refractivity contribution in [3.63, 3.8) is 0 Å². The van der Waals surface area contributed by atoms with Crippen LogP contribution in [0, 0.1) is 0 Å². The predicted octanol–water partition coefficient (Wildman–Crippen LogP) is 0.725. The predicted molar refractivity (Wildman–Crippen MR) is 97.3 cm³/mol. The minimum atomic E-state index is -1.11. The highest BCUT2D eigenvalue weighted by atomic mass is 32.2. The van der Waals surface area contributed by atoms with E-state index in [1.54, 1.807) is 19.1 Å². The van der Waals surface area contributed by atoms with E-state index in [2.05, 4.69) is 11.9 Å². The maximum Gasteiger partial charge on any atom is 0.335 e. The first kappa shape index (κ1) is 19.0. The molecule has 2 aliphatic heterocycles. The molecule has 2 fully saturated rings. The highest BCUT2D eigenvalue weighted by molar-refractivity contribution is 8.02. The first-order chi connectivity index (χ1) is 12.7. The maximum absolute atomic E-state index is 12.4. The Balaban J connectivity index is 1.69. The van der Waals surface area contributed by atoms with Gasteiger partial charge in [0.05, 0.1) is 16.7 Å². The van der Waals surface area contributed by atoms with Crippen LogP contribution in [0.5, 0.6) is 0 Å². The highest BCUT2D eigenvalue weighted by Gasteiger charge is 2.64. The quantitative estimate of drug-likeness (QED) is 0.483. The molecule has 9 heteroatoms. The van der Waals surface area contributed by atoms with Crippen molar-refractivity contribution in [2.45, 2.75) is 35.5 Å². The zero-order valence-corrected chi connectivity index (χ0v) is 15.2. The van der Waals surface area contributed by atoms with Gasteiger partial charge in [-0.05, 0) is 24.6 Å². The number of aliphatic carboxylic acids is 1. The topological polar surface area (TPSA) is 124 Å². The van der Waals surface area contributed by atoms with Gasteiger partial charge in [0.15, 0.2) is 0 Å². The van der Waals surface area contributed by atoms with Crippen LogP contribution in [0.25, 0.3) is 0 Å². The van der Waals surface area contributed by atoms with Gasteiger partial charge in [0.1, 0.15) is 17.5 Å². The van der Waals surface area contributed by atoms with E-state index in [0.29, 0.717) is 5.56 Å². The van der Waals surface area contributed by atoms with E-state index in [0.717, 1.165) is 0 Å². The number of carbonyl (C=O) groups excluding carboxylic acids is 2. The fourth-order valence-electron chi connectivity index (χ4n) is 3.37. The number of rotatable bonds is 6. The van der Waals surface area contributed by atoms with Gasteiger partial charge < -0.3 is 20.4 Å². The van der Waals surface area contributed by atoms with Crippen LogP contribution < -0.4 is 5.32 Å². The first-order valence-electron chi connectivity index (χ1n) is 8.16. The third kappa shape index (κ3) is 3.18. The summed E-state index contributed by atoms with van der Waals surface area (Å²) in [5, 5.41) is 20.6. The van der Waals surface area contributed by atoms with Crippen LogP contribution >= 0.6 is 11.8 Å². The average Bonchev–Trinajstić information content (AvgIpc) is 2.90. The molecular weight excluding hydrogens is 372 g/mol. The summed E-state index contributed by atoms with van der Waals surface area (Å²) in [5.74, 6) is -3.09. The van der Waals surface area contributed by atoms with E-state index < -0.39 is 46.0 Å². The van der Waals surface area contributed by atoms with E-state index in [1.165, 1.54) is 34.9 Å². The minimum Gasteiger partial charge on any atom is -0.480 e. The molecule has 3 rings (SSSR count). The lowest BCUT2D eigenvalue weighted by Gasteiger charge is -2.43. The molecule has 8 nitrogen and oxygen atoms in total. The molecule has 0 radical (unpaired) electrons. The fraction of sp³-hybridized carbons (Fsp3) is 0.333. The van der Waals surface area contributed by atoms with Crippen molar-refractivity contribution in [1.29, 1.82) is 0 Å². The number of carbonyl (C=O) groups is 4. The third-order valence-electron chi connectivity index (χ3n) is 4.77. The largest absolute Gasteiger partial charge is 0.480 e. The van der Waals surface area contributed by atoms with Crippen molar-refractivity contribution in [1.82, 2.24) is 10.2 Å². The van der Waals surface area contributed by atoms with Crippen LogP contribution in [0.2, 0.25) is 0 Å². The van der Waals surface area contributed by atoms with Gasteiger partial charge in [-0.25, -0.2) is 9.59 Å². The van der Waals surface area contributed by atoms with Crippen LogP contribution in [-0.2, 0) is 20.8 Å². The van der Waals surface area contributed by atoms with E-state index in [9.17, 15) is 24.3 Å². The van der Waals surface area contributed by atoms with Crippen LogP contribution in [0.3, 0.4) is 0 Å². The summed E-state index contributed by atoms with van der Waals surface area (Å²) in [6.45, 7) is 5.38. The van der Waals surface area contributed by atoms with Gasteiger partial charge in [0.2, 0.25) is 11.8 Å². The van der Waals surface area contributed by atoms with Gasteiger partial charge in [-0.1, -0.05) is 18.2 Å². The summed E-state index contributed by atoms with van der Waals surface area (Å²) in [5.41, 5.74) is 0.582. The second-order valence-corrected chi connectivity index (χ2v) is 8.21. The van der Waals surface area contributed by atoms with Gasteiger partial charge >= 0.3 is 11.9 Å². The van der Waals surface area contributed by atoms with Crippen LogP contribution in [0.1, 0.15) is 22.8 Å². The number of hydrogen-bond donors (Lipinski definition) is 3. The molecule has 0 aromatic heterocycles. The molecule has 2 aliphatic rings. The van der Waals surface area contributed by atoms with Crippen molar-refractivity contribution in [2.75, 3.05) is 0 Å². The summed E-state index contributed by atoms with van der Waals surface area (Å²) in [6.07, 6.45) is 1.43. The average molecular weight is 390 g/mol. The van der Waals surface area contributed by atoms with Gasteiger partial charge in [0, 0.05) is 0 Å². The molecule has 27 heavy (non-hydrogen) atoms. The minimum absolute atomic E-state index is 0.0728. The number of carboxylic acids is 2. The van der Waals surface area contributed by atoms with Crippen molar-refractivity contribution in [2.24, 2.45) is 0 Å². The number of amides is 2. The number of fused-ring (bicyclic) bond motifs is 1. The summed E-state index contributed by atoms with van der Waals surface area (Å²) in [6, 6.07) is 4.15. The fourth-order valence-corrected chi connectivity index (χ4v) is 4.99. The number of nitrogens with zero attached hydrogens (tertiary/aromatic N) is 1. The van der Waals surface area contributed by atoms with Crippen molar-refractivity contribution in [3.05, 3.63) is 48.0 Å². The number of nitrogens with one attached hydrogen (secondary N) is 1. The molecule has 2 amide bonds. The lowest BCUT2D eigenvalue weighted by molar-refractivity contribution is -0.160. The third-order valence-corrected chi connectivity index (χ3v) is 6.41. The Morgan fingerprint density at radius 1 is 1.37 bits per heavy atom. The molecule has 4 atom stereocenters. The van der Waals surface area contributed by atoms with Gasteiger partial charge in [-0.3, -0.25) is 9.59 Å². The second kappa shape index (κ2) is 6.73. The zero-order valence-electron chi connectivity index (χ0n) is 14.4. The molecule has 2 heterocycles. The number of aromatic carboxylic acids is 1. The summed E-state index contributed by atoms with van der Waals surface area (Å²) in [7, 11) is 0. The molecular formula is C18H18N2O6S. The normalized spacial score (nSPS) is 28.9. The van der Waals surface area contributed by atoms with Gasteiger partial charge in [0.25, 0.3) is 0 Å². The smallest absolute Gasteiger partial charge is 0.335 e. The Labute approximate surface area is 159 Å². The second-order valence-electron chi connectivity index (χ2n) is 6.61. The molecule has 0 aliphatic carbocycles. The molecule has 1 aromatic carbocycles. The molecule has 2 saturated heterocycles. The Hall–Kier alpha value is -2.81. The van der Waals surface area contributed by atoms with Crippen molar-refractivity contribution < 1.29 is 29.4 Å². The Kier molecular flexibility index (Phi) is 4.73. The SMILES string of the molecule is C=C[C@@]1(C)S[C@H]2C(NC(=O)Cc3cccc(C(=O)O)c3)C(=O)N2C1C(=O)O. The van der Waals surface area contributed by atoms with Crippen LogP contribution in [0.15, 0.2) is 36.9 Å².